The Balaban J connectivity index is 1.33. The summed E-state index contributed by atoms with van der Waals surface area (Å²) in [5.74, 6) is 0.490. The van der Waals surface area contributed by atoms with Crippen molar-refractivity contribution in [2.75, 3.05) is 57.9 Å². The summed E-state index contributed by atoms with van der Waals surface area (Å²) in [5.41, 5.74) is 1.78. The predicted octanol–water partition coefficient (Wildman–Crippen LogP) is 2.06. The quantitative estimate of drug-likeness (QED) is 0.641. The molecule has 0 aliphatic carbocycles. The minimum Gasteiger partial charge on any atom is -0.484 e. The Hall–Kier alpha value is -2.33. The Kier molecular flexibility index (Phi) is 7.54. The van der Waals surface area contributed by atoms with E-state index in [1.807, 2.05) is 6.07 Å². The van der Waals surface area contributed by atoms with E-state index in [0.29, 0.717) is 57.7 Å². The number of benzene rings is 1. The second-order valence-corrected chi connectivity index (χ2v) is 7.40. The molecular formula is C20H26F3N3O4. The van der Waals surface area contributed by atoms with Crippen molar-refractivity contribution in [3.63, 3.8) is 0 Å². The van der Waals surface area contributed by atoms with Crippen molar-refractivity contribution in [1.29, 1.82) is 0 Å². The van der Waals surface area contributed by atoms with Gasteiger partial charge in [-0.15, -0.1) is 0 Å². The average Bonchev–Trinajstić information content (AvgIpc) is 2.71. The zero-order valence-electron chi connectivity index (χ0n) is 16.7. The summed E-state index contributed by atoms with van der Waals surface area (Å²) in [5, 5.41) is 2.80. The fourth-order valence-corrected chi connectivity index (χ4v) is 3.48. The summed E-state index contributed by atoms with van der Waals surface area (Å²) < 4.78 is 46.3. The Morgan fingerprint density at radius 3 is 2.63 bits per heavy atom. The van der Waals surface area contributed by atoms with E-state index in [2.05, 4.69) is 15.0 Å². The summed E-state index contributed by atoms with van der Waals surface area (Å²) in [6.07, 6.45) is -2.68. The summed E-state index contributed by atoms with van der Waals surface area (Å²) in [6.45, 7) is 1.89. The minimum atomic E-state index is -4.29. The highest BCUT2D eigenvalue weighted by Gasteiger charge is 2.27. The van der Waals surface area contributed by atoms with Gasteiger partial charge >= 0.3 is 6.18 Å². The number of aryl methyl sites for hydroxylation is 1. The van der Waals surface area contributed by atoms with Gasteiger partial charge in [-0.3, -0.25) is 14.5 Å². The Morgan fingerprint density at radius 1 is 1.13 bits per heavy atom. The summed E-state index contributed by atoms with van der Waals surface area (Å²) in [7, 11) is 0. The number of alkyl halides is 3. The number of halogens is 3. The lowest BCUT2D eigenvalue weighted by atomic mass is 10.0. The smallest absolute Gasteiger partial charge is 0.411 e. The van der Waals surface area contributed by atoms with Gasteiger partial charge in [0, 0.05) is 51.4 Å². The molecule has 2 heterocycles. The molecule has 2 amide bonds. The van der Waals surface area contributed by atoms with Gasteiger partial charge in [-0.1, -0.05) is 0 Å². The van der Waals surface area contributed by atoms with E-state index in [4.69, 9.17) is 4.74 Å². The fraction of sp³-hybridized carbons (Fsp3) is 0.600. The lowest BCUT2D eigenvalue weighted by molar-refractivity contribution is -0.174. The standard InChI is InChI=1S/C20H26F3N3O4/c21-20(22,23)14-29-11-1-6-25-7-9-26(10-8-25)19(28)13-30-16-3-4-17-15(12-16)2-5-18(27)24-17/h3-4,12H,1-2,5-11,13-14H2,(H,24,27). The number of piperazine rings is 1. The van der Waals surface area contributed by atoms with Gasteiger partial charge in [-0.05, 0) is 36.6 Å². The molecule has 166 valence electrons. The van der Waals surface area contributed by atoms with Crippen LogP contribution >= 0.6 is 0 Å². The van der Waals surface area contributed by atoms with E-state index in [1.165, 1.54) is 0 Å². The lowest BCUT2D eigenvalue weighted by Gasteiger charge is -2.34. The topological polar surface area (TPSA) is 71.1 Å². The maximum Gasteiger partial charge on any atom is 0.411 e. The second kappa shape index (κ2) is 10.1. The van der Waals surface area contributed by atoms with Crippen LogP contribution in [0.1, 0.15) is 18.4 Å². The SMILES string of the molecule is O=C1CCc2cc(OCC(=O)N3CCN(CCCOCC(F)(F)F)CC3)ccc2N1. The van der Waals surface area contributed by atoms with Gasteiger partial charge in [0.05, 0.1) is 0 Å². The molecule has 1 saturated heterocycles. The number of carbonyl (C=O) groups excluding carboxylic acids is 2. The normalized spacial score (nSPS) is 17.4. The van der Waals surface area contributed by atoms with Gasteiger partial charge < -0.3 is 19.7 Å². The number of hydrogen-bond acceptors (Lipinski definition) is 5. The monoisotopic (exact) mass is 429 g/mol. The third kappa shape index (κ3) is 6.88. The first-order valence-corrected chi connectivity index (χ1v) is 10.0. The van der Waals surface area contributed by atoms with Crippen LogP contribution in [-0.2, 0) is 20.7 Å². The number of nitrogens with one attached hydrogen (secondary N) is 1. The van der Waals surface area contributed by atoms with Crippen molar-refractivity contribution in [3.05, 3.63) is 23.8 Å². The molecular weight excluding hydrogens is 403 g/mol. The molecule has 0 bridgehead atoms. The Bertz CT molecular complexity index is 749. The first kappa shape index (κ1) is 22.4. The van der Waals surface area contributed by atoms with Crippen molar-refractivity contribution >= 4 is 17.5 Å². The van der Waals surface area contributed by atoms with Crippen LogP contribution in [0.3, 0.4) is 0 Å². The van der Waals surface area contributed by atoms with Crippen LogP contribution in [0.5, 0.6) is 5.75 Å². The molecule has 1 N–H and O–H groups in total. The van der Waals surface area contributed by atoms with E-state index in [1.54, 1.807) is 17.0 Å². The number of hydrogen-bond donors (Lipinski definition) is 1. The first-order valence-electron chi connectivity index (χ1n) is 10.0. The molecule has 30 heavy (non-hydrogen) atoms. The Morgan fingerprint density at radius 2 is 1.90 bits per heavy atom. The number of nitrogens with zero attached hydrogens (tertiary/aromatic N) is 2. The van der Waals surface area contributed by atoms with Crippen LogP contribution in [0.2, 0.25) is 0 Å². The van der Waals surface area contributed by atoms with Crippen molar-refractivity contribution in [1.82, 2.24) is 9.80 Å². The fourth-order valence-electron chi connectivity index (χ4n) is 3.48. The molecule has 1 aromatic carbocycles. The highest BCUT2D eigenvalue weighted by molar-refractivity contribution is 5.94. The third-order valence-corrected chi connectivity index (χ3v) is 5.09. The zero-order chi connectivity index (χ0) is 21.6. The van der Waals surface area contributed by atoms with E-state index in [0.717, 1.165) is 11.3 Å². The van der Waals surface area contributed by atoms with E-state index >= 15 is 0 Å². The number of anilines is 1. The molecule has 0 atom stereocenters. The number of carbonyl (C=O) groups is 2. The lowest BCUT2D eigenvalue weighted by Crippen LogP contribution is -2.50. The van der Waals surface area contributed by atoms with Crippen molar-refractivity contribution < 1.29 is 32.2 Å². The van der Waals surface area contributed by atoms with Gasteiger partial charge in [0.1, 0.15) is 12.4 Å². The molecule has 2 aliphatic heterocycles. The highest BCUT2D eigenvalue weighted by Crippen LogP contribution is 2.26. The van der Waals surface area contributed by atoms with E-state index < -0.39 is 12.8 Å². The molecule has 3 rings (SSSR count). The van der Waals surface area contributed by atoms with E-state index in [-0.39, 0.29) is 25.0 Å². The van der Waals surface area contributed by atoms with Crippen LogP contribution in [0.4, 0.5) is 18.9 Å². The maximum absolute atomic E-state index is 12.4. The van der Waals surface area contributed by atoms with Crippen molar-refractivity contribution in [2.45, 2.75) is 25.4 Å². The predicted molar refractivity (Wildman–Crippen MR) is 103 cm³/mol. The molecule has 0 unspecified atom stereocenters. The van der Waals surface area contributed by atoms with Crippen LogP contribution < -0.4 is 10.1 Å². The summed E-state index contributed by atoms with van der Waals surface area (Å²) in [6, 6.07) is 5.36. The maximum atomic E-state index is 12.4. The van der Waals surface area contributed by atoms with Gasteiger partial charge in [0.25, 0.3) is 5.91 Å². The van der Waals surface area contributed by atoms with Gasteiger partial charge in [0.2, 0.25) is 5.91 Å². The molecule has 10 heteroatoms. The number of rotatable bonds is 8. The van der Waals surface area contributed by atoms with Crippen LogP contribution in [0.25, 0.3) is 0 Å². The van der Waals surface area contributed by atoms with Gasteiger partial charge in [-0.2, -0.15) is 13.2 Å². The molecule has 0 saturated carbocycles. The van der Waals surface area contributed by atoms with Crippen LogP contribution in [0, 0.1) is 0 Å². The van der Waals surface area contributed by atoms with Crippen molar-refractivity contribution in [2.24, 2.45) is 0 Å². The average molecular weight is 429 g/mol. The molecule has 0 radical (unpaired) electrons. The van der Waals surface area contributed by atoms with Crippen LogP contribution in [0.15, 0.2) is 18.2 Å². The molecule has 1 aromatic rings. The molecule has 0 spiro atoms. The molecule has 2 aliphatic rings. The molecule has 0 aromatic heterocycles. The molecule has 7 nitrogen and oxygen atoms in total. The summed E-state index contributed by atoms with van der Waals surface area (Å²) in [4.78, 5) is 27.6. The number of fused-ring (bicyclic) bond motifs is 1. The van der Waals surface area contributed by atoms with Crippen molar-refractivity contribution in [3.8, 4) is 5.75 Å². The van der Waals surface area contributed by atoms with Crippen LogP contribution in [-0.4, -0.2) is 80.3 Å². The summed E-state index contributed by atoms with van der Waals surface area (Å²) >= 11 is 0. The highest BCUT2D eigenvalue weighted by atomic mass is 19.4. The van der Waals surface area contributed by atoms with Gasteiger partial charge in [0.15, 0.2) is 6.61 Å². The second-order valence-electron chi connectivity index (χ2n) is 7.40. The Labute approximate surface area is 173 Å². The third-order valence-electron chi connectivity index (χ3n) is 5.09. The minimum absolute atomic E-state index is 0.000628. The first-order chi connectivity index (χ1) is 14.3. The van der Waals surface area contributed by atoms with Gasteiger partial charge in [-0.25, -0.2) is 0 Å². The number of ether oxygens (including phenoxy) is 2. The number of amides is 2. The largest absolute Gasteiger partial charge is 0.484 e. The van der Waals surface area contributed by atoms with E-state index in [9.17, 15) is 22.8 Å². The zero-order valence-corrected chi connectivity index (χ0v) is 16.7. The molecule has 1 fully saturated rings.